The van der Waals surface area contributed by atoms with E-state index >= 15 is 0 Å². The molecule has 0 spiro atoms. The highest BCUT2D eigenvalue weighted by atomic mass is 16.1. The summed E-state index contributed by atoms with van der Waals surface area (Å²) in [5, 5.41) is 2.88. The lowest BCUT2D eigenvalue weighted by Gasteiger charge is -2.17. The number of pyridine rings is 1. The van der Waals surface area contributed by atoms with Gasteiger partial charge in [-0.25, -0.2) is 9.97 Å². The van der Waals surface area contributed by atoms with Crippen LogP contribution in [0.2, 0.25) is 0 Å². The largest absolute Gasteiger partial charge is 0.344 e. The first-order valence-electron chi connectivity index (χ1n) is 8.83. The van der Waals surface area contributed by atoms with Crippen LogP contribution < -0.4 is 10.2 Å². The Morgan fingerprint density at radius 1 is 1.04 bits per heavy atom. The highest BCUT2D eigenvalue weighted by molar-refractivity contribution is 6.03. The van der Waals surface area contributed by atoms with Crippen molar-refractivity contribution in [3.63, 3.8) is 0 Å². The molecule has 0 atom stereocenters. The summed E-state index contributed by atoms with van der Waals surface area (Å²) in [6.45, 7) is 4.83. The van der Waals surface area contributed by atoms with Gasteiger partial charge in [-0.1, -0.05) is 6.07 Å². The Kier molecular flexibility index (Phi) is 5.76. The third-order valence-electron chi connectivity index (χ3n) is 4.49. The van der Waals surface area contributed by atoms with Gasteiger partial charge in [-0.2, -0.15) is 0 Å². The van der Waals surface area contributed by atoms with Crippen molar-refractivity contribution in [1.82, 2.24) is 15.0 Å². The van der Waals surface area contributed by atoms with E-state index in [0.717, 1.165) is 24.2 Å². The van der Waals surface area contributed by atoms with Gasteiger partial charge in [0.15, 0.2) is 0 Å². The number of likely N-dealkylation sites (N-methyl/N-ethyl adjacent to an activating group) is 1. The zero-order valence-corrected chi connectivity index (χ0v) is 15.8. The van der Waals surface area contributed by atoms with Crippen LogP contribution in [-0.2, 0) is 6.42 Å². The average Bonchev–Trinajstić information content (AvgIpc) is 2.70. The predicted octanol–water partition coefficient (Wildman–Crippen LogP) is 3.42. The first-order valence-corrected chi connectivity index (χ1v) is 8.83. The van der Waals surface area contributed by atoms with Gasteiger partial charge >= 0.3 is 0 Å². The fourth-order valence-corrected chi connectivity index (χ4v) is 2.60. The maximum atomic E-state index is 12.4. The van der Waals surface area contributed by atoms with Crippen LogP contribution in [0.5, 0.6) is 0 Å². The molecular weight excluding hydrogens is 338 g/mol. The quantitative estimate of drug-likeness (QED) is 0.728. The molecule has 27 heavy (non-hydrogen) atoms. The van der Waals surface area contributed by atoms with Crippen molar-refractivity contribution in [3.05, 3.63) is 77.4 Å². The lowest BCUT2D eigenvalue weighted by Crippen LogP contribution is -2.23. The van der Waals surface area contributed by atoms with Crippen LogP contribution >= 0.6 is 0 Å². The summed E-state index contributed by atoms with van der Waals surface area (Å²) in [4.78, 5) is 27.0. The molecule has 6 nitrogen and oxygen atoms in total. The molecule has 3 rings (SSSR count). The zero-order valence-electron chi connectivity index (χ0n) is 15.8. The first kappa shape index (κ1) is 18.5. The lowest BCUT2D eigenvalue weighted by molar-refractivity contribution is 0.102. The third kappa shape index (κ3) is 4.88. The van der Waals surface area contributed by atoms with Crippen LogP contribution in [0.15, 0.2) is 55.1 Å². The van der Waals surface area contributed by atoms with Crippen molar-refractivity contribution in [2.45, 2.75) is 20.3 Å². The summed E-state index contributed by atoms with van der Waals surface area (Å²) in [7, 11) is 1.94. The minimum Gasteiger partial charge on any atom is -0.344 e. The lowest BCUT2D eigenvalue weighted by atomic mass is 10.1. The molecule has 3 aromatic rings. The highest BCUT2D eigenvalue weighted by Crippen LogP contribution is 2.15. The van der Waals surface area contributed by atoms with E-state index in [2.05, 4.69) is 20.3 Å². The molecule has 6 heteroatoms. The van der Waals surface area contributed by atoms with Crippen molar-refractivity contribution in [3.8, 4) is 0 Å². The Hall–Kier alpha value is -3.28. The molecule has 1 N–H and O–H groups in total. The van der Waals surface area contributed by atoms with Gasteiger partial charge in [-0.15, -0.1) is 0 Å². The second kappa shape index (κ2) is 8.40. The number of amides is 1. The maximum Gasteiger partial charge on any atom is 0.258 e. The molecule has 0 unspecified atom stereocenters. The molecule has 0 fully saturated rings. The van der Waals surface area contributed by atoms with Crippen molar-refractivity contribution in [2.75, 3.05) is 23.8 Å². The molecule has 0 radical (unpaired) electrons. The van der Waals surface area contributed by atoms with Gasteiger partial charge in [0.2, 0.25) is 5.95 Å². The van der Waals surface area contributed by atoms with E-state index in [0.29, 0.717) is 11.5 Å². The molecule has 1 aromatic carbocycles. The highest BCUT2D eigenvalue weighted by Gasteiger charge is 2.10. The van der Waals surface area contributed by atoms with E-state index in [1.54, 1.807) is 24.8 Å². The van der Waals surface area contributed by atoms with E-state index in [4.69, 9.17) is 0 Å². The molecule has 0 aliphatic carbocycles. The van der Waals surface area contributed by atoms with E-state index in [9.17, 15) is 4.79 Å². The molecule has 0 bridgehead atoms. The van der Waals surface area contributed by atoms with Crippen molar-refractivity contribution in [1.29, 1.82) is 0 Å². The molecule has 2 heterocycles. The van der Waals surface area contributed by atoms with Crippen LogP contribution in [-0.4, -0.2) is 34.5 Å². The Morgan fingerprint density at radius 2 is 1.74 bits per heavy atom. The minimum absolute atomic E-state index is 0.218. The van der Waals surface area contributed by atoms with E-state index in [1.807, 2.05) is 56.1 Å². The van der Waals surface area contributed by atoms with Crippen LogP contribution in [0.25, 0.3) is 0 Å². The number of nitrogens with zero attached hydrogens (tertiary/aromatic N) is 4. The van der Waals surface area contributed by atoms with E-state index < -0.39 is 0 Å². The number of aromatic nitrogens is 3. The summed E-state index contributed by atoms with van der Waals surface area (Å²) < 4.78 is 0. The number of nitrogens with one attached hydrogen (secondary N) is 1. The monoisotopic (exact) mass is 361 g/mol. The Bertz CT molecular complexity index is 910. The Balaban J connectivity index is 1.60. The van der Waals surface area contributed by atoms with E-state index in [-0.39, 0.29) is 5.91 Å². The summed E-state index contributed by atoms with van der Waals surface area (Å²) in [6.07, 6.45) is 7.56. The SMILES string of the molecule is Cc1ccc(NC(=O)c2cnc(N(C)CCc3ccncc3)nc2)cc1C. The Morgan fingerprint density at radius 3 is 2.41 bits per heavy atom. The van der Waals surface area contributed by atoms with Crippen molar-refractivity contribution >= 4 is 17.5 Å². The maximum absolute atomic E-state index is 12.4. The topological polar surface area (TPSA) is 71.0 Å². The number of anilines is 2. The number of carbonyl (C=O) groups is 1. The van der Waals surface area contributed by atoms with Gasteiger partial charge in [0.1, 0.15) is 0 Å². The van der Waals surface area contributed by atoms with Crippen LogP contribution in [0, 0.1) is 13.8 Å². The number of aryl methyl sites for hydroxylation is 2. The molecule has 1 amide bonds. The summed E-state index contributed by atoms with van der Waals surface area (Å²) in [5.74, 6) is 0.371. The molecule has 0 aliphatic rings. The summed E-state index contributed by atoms with van der Waals surface area (Å²) in [6, 6.07) is 9.82. The summed E-state index contributed by atoms with van der Waals surface area (Å²) in [5.41, 5.74) is 4.73. The van der Waals surface area contributed by atoms with Gasteiger partial charge < -0.3 is 10.2 Å². The third-order valence-corrected chi connectivity index (χ3v) is 4.49. The van der Waals surface area contributed by atoms with Crippen LogP contribution in [0.1, 0.15) is 27.0 Å². The van der Waals surface area contributed by atoms with Gasteiger partial charge in [0, 0.05) is 44.1 Å². The fraction of sp³-hybridized carbons (Fsp3) is 0.238. The standard InChI is InChI=1S/C21H23N5O/c1-15-4-5-19(12-16(15)2)25-20(27)18-13-23-21(24-14-18)26(3)11-8-17-6-9-22-10-7-17/h4-7,9-10,12-14H,8,11H2,1-3H3,(H,25,27). The van der Waals surface area contributed by atoms with Gasteiger partial charge in [0.05, 0.1) is 5.56 Å². The predicted molar refractivity (Wildman–Crippen MR) is 107 cm³/mol. The zero-order chi connectivity index (χ0) is 19.2. The van der Waals surface area contributed by atoms with Crippen LogP contribution in [0.3, 0.4) is 0 Å². The summed E-state index contributed by atoms with van der Waals surface area (Å²) >= 11 is 0. The van der Waals surface area contributed by atoms with Crippen molar-refractivity contribution in [2.24, 2.45) is 0 Å². The second-order valence-corrected chi connectivity index (χ2v) is 6.55. The van der Waals surface area contributed by atoms with Gasteiger partial charge in [-0.3, -0.25) is 9.78 Å². The number of carbonyl (C=O) groups excluding carboxylic acids is 1. The number of rotatable bonds is 6. The Labute approximate surface area is 159 Å². The van der Waals surface area contributed by atoms with Gasteiger partial charge in [0.25, 0.3) is 5.91 Å². The normalized spacial score (nSPS) is 10.5. The van der Waals surface area contributed by atoms with Crippen molar-refractivity contribution < 1.29 is 4.79 Å². The average molecular weight is 361 g/mol. The molecule has 138 valence electrons. The molecular formula is C21H23N5O. The number of hydrogen-bond donors (Lipinski definition) is 1. The molecule has 2 aromatic heterocycles. The first-order chi connectivity index (χ1) is 13.0. The van der Waals surface area contributed by atoms with Crippen LogP contribution in [0.4, 0.5) is 11.6 Å². The molecule has 0 aliphatic heterocycles. The number of hydrogen-bond acceptors (Lipinski definition) is 5. The molecule has 0 saturated carbocycles. The smallest absolute Gasteiger partial charge is 0.258 e. The van der Waals surface area contributed by atoms with E-state index in [1.165, 1.54) is 11.1 Å². The second-order valence-electron chi connectivity index (χ2n) is 6.55. The minimum atomic E-state index is -0.218. The van der Waals surface area contributed by atoms with Gasteiger partial charge in [-0.05, 0) is 61.2 Å². The number of benzene rings is 1. The molecule has 0 saturated heterocycles. The fourth-order valence-electron chi connectivity index (χ4n) is 2.60.